The molecule has 1 aromatic heterocycles. The lowest BCUT2D eigenvalue weighted by molar-refractivity contribution is 0.0867. The molecule has 0 saturated carbocycles. The van der Waals surface area contributed by atoms with Gasteiger partial charge in [-0.15, -0.1) is 0 Å². The summed E-state index contributed by atoms with van der Waals surface area (Å²) in [6.07, 6.45) is 0. The molecule has 0 aliphatic carbocycles. The number of aromatic nitrogens is 1. The van der Waals surface area contributed by atoms with Crippen LogP contribution in [-0.2, 0) is 4.74 Å². The average Bonchev–Trinajstić information content (AvgIpc) is 2.42. The minimum atomic E-state index is -0.340. The molecule has 1 rings (SSSR count). The number of carbonyl (C=O) groups excluding carboxylic acids is 1. The minimum Gasteiger partial charge on any atom is -0.364 e. The van der Waals surface area contributed by atoms with Crippen LogP contribution in [0.3, 0.4) is 0 Å². The highest BCUT2D eigenvalue weighted by Gasteiger charge is 2.17. The van der Waals surface area contributed by atoms with Crippen molar-refractivity contribution >= 4 is 45.0 Å². The molecule has 0 fully saturated rings. The molecule has 0 spiro atoms. The number of hydrogen-bond acceptors (Lipinski definition) is 2. The maximum atomic E-state index is 11.4. The molecule has 0 atom stereocenters. The molecule has 0 aliphatic rings. The second kappa shape index (κ2) is 5.02. The van der Waals surface area contributed by atoms with Crippen LogP contribution in [0.25, 0.3) is 0 Å². The van der Waals surface area contributed by atoms with Gasteiger partial charge in [-0.1, -0.05) is 23.2 Å². The number of ether oxygens (including phenoxy) is 1. The molecular weight excluding hydrogens is 295 g/mol. The van der Waals surface area contributed by atoms with Gasteiger partial charge < -0.3 is 15.0 Å². The fourth-order valence-electron chi connectivity index (χ4n) is 0.808. The lowest BCUT2D eigenvalue weighted by atomic mass is 10.4. The van der Waals surface area contributed by atoms with Gasteiger partial charge in [0.15, 0.2) is 0 Å². The SMILES string of the molecule is COCNC(=O)c1[nH]c(Cl)c(Cl)c1Br. The molecule has 0 aliphatic heterocycles. The number of aromatic amines is 1. The molecule has 14 heavy (non-hydrogen) atoms. The van der Waals surface area contributed by atoms with Crippen LogP contribution in [0.15, 0.2) is 4.47 Å². The minimum absolute atomic E-state index is 0.125. The monoisotopic (exact) mass is 300 g/mol. The lowest BCUT2D eigenvalue weighted by Crippen LogP contribution is -2.25. The van der Waals surface area contributed by atoms with Gasteiger partial charge in [-0.3, -0.25) is 4.79 Å². The van der Waals surface area contributed by atoms with Crippen LogP contribution in [0.2, 0.25) is 10.2 Å². The molecule has 0 radical (unpaired) electrons. The van der Waals surface area contributed by atoms with Crippen molar-refractivity contribution < 1.29 is 9.53 Å². The van der Waals surface area contributed by atoms with Crippen molar-refractivity contribution in [3.63, 3.8) is 0 Å². The first-order chi connectivity index (χ1) is 6.57. The van der Waals surface area contributed by atoms with Crippen LogP contribution < -0.4 is 5.32 Å². The predicted octanol–water partition coefficient (Wildman–Crippen LogP) is 2.42. The molecule has 1 aromatic rings. The number of H-pyrrole nitrogens is 1. The van der Waals surface area contributed by atoms with E-state index in [1.54, 1.807) is 0 Å². The molecule has 0 unspecified atom stereocenters. The Labute approximate surface area is 99.0 Å². The van der Waals surface area contributed by atoms with Crippen molar-refractivity contribution in [1.82, 2.24) is 10.3 Å². The first-order valence-corrected chi connectivity index (χ1v) is 5.12. The molecular formula is C7H7BrCl2N2O2. The van der Waals surface area contributed by atoms with Gasteiger partial charge >= 0.3 is 0 Å². The largest absolute Gasteiger partial charge is 0.364 e. The van der Waals surface area contributed by atoms with Crippen LogP contribution in [0.5, 0.6) is 0 Å². The fraction of sp³-hybridized carbons (Fsp3) is 0.286. The Morgan fingerprint density at radius 2 is 2.29 bits per heavy atom. The van der Waals surface area contributed by atoms with Crippen molar-refractivity contribution in [2.75, 3.05) is 13.8 Å². The number of rotatable bonds is 3. The topological polar surface area (TPSA) is 54.1 Å². The van der Waals surface area contributed by atoms with Crippen molar-refractivity contribution in [1.29, 1.82) is 0 Å². The third-order valence-electron chi connectivity index (χ3n) is 1.44. The van der Waals surface area contributed by atoms with Crippen LogP contribution in [0.1, 0.15) is 10.5 Å². The number of methoxy groups -OCH3 is 1. The summed E-state index contributed by atoms with van der Waals surface area (Å²) in [5, 5.41) is 3.00. The van der Waals surface area contributed by atoms with Gasteiger partial charge in [-0.25, -0.2) is 0 Å². The van der Waals surface area contributed by atoms with Gasteiger partial charge in [0.2, 0.25) is 0 Å². The summed E-state index contributed by atoms with van der Waals surface area (Å²) in [6, 6.07) is 0. The van der Waals surface area contributed by atoms with E-state index < -0.39 is 0 Å². The first kappa shape index (κ1) is 11.8. The highest BCUT2D eigenvalue weighted by molar-refractivity contribution is 9.10. The second-order valence-corrected chi connectivity index (χ2v) is 3.93. The van der Waals surface area contributed by atoms with E-state index >= 15 is 0 Å². The van der Waals surface area contributed by atoms with Gasteiger partial charge in [0, 0.05) is 7.11 Å². The van der Waals surface area contributed by atoms with Crippen molar-refractivity contribution in [2.24, 2.45) is 0 Å². The van der Waals surface area contributed by atoms with E-state index in [4.69, 9.17) is 23.2 Å². The van der Waals surface area contributed by atoms with Crippen molar-refractivity contribution in [3.8, 4) is 0 Å². The number of hydrogen-bond donors (Lipinski definition) is 2. The molecule has 1 heterocycles. The van der Waals surface area contributed by atoms with Gasteiger partial charge in [-0.2, -0.15) is 0 Å². The number of nitrogens with one attached hydrogen (secondary N) is 2. The van der Waals surface area contributed by atoms with E-state index in [0.29, 0.717) is 4.47 Å². The molecule has 4 nitrogen and oxygen atoms in total. The Morgan fingerprint density at radius 3 is 2.71 bits per heavy atom. The maximum Gasteiger partial charge on any atom is 0.270 e. The van der Waals surface area contributed by atoms with Crippen LogP contribution in [0, 0.1) is 0 Å². The fourth-order valence-corrected chi connectivity index (χ4v) is 1.73. The van der Waals surface area contributed by atoms with Gasteiger partial charge in [-0.05, 0) is 15.9 Å². The zero-order valence-electron chi connectivity index (χ0n) is 7.16. The normalized spacial score (nSPS) is 10.3. The van der Waals surface area contributed by atoms with Crippen LogP contribution >= 0.6 is 39.1 Å². The smallest absolute Gasteiger partial charge is 0.270 e. The van der Waals surface area contributed by atoms with E-state index in [1.165, 1.54) is 7.11 Å². The van der Waals surface area contributed by atoms with Crippen molar-refractivity contribution in [2.45, 2.75) is 0 Å². The van der Waals surface area contributed by atoms with Crippen LogP contribution in [0.4, 0.5) is 0 Å². The summed E-state index contributed by atoms with van der Waals surface area (Å²) in [7, 11) is 1.48. The first-order valence-electron chi connectivity index (χ1n) is 3.57. The van der Waals surface area contributed by atoms with Gasteiger partial charge in [0.25, 0.3) is 5.91 Å². The third-order valence-corrected chi connectivity index (χ3v) is 3.22. The van der Waals surface area contributed by atoms with E-state index in [9.17, 15) is 4.79 Å². The molecule has 78 valence electrons. The molecule has 0 saturated heterocycles. The quantitative estimate of drug-likeness (QED) is 0.843. The zero-order chi connectivity index (χ0) is 10.7. The molecule has 0 bridgehead atoms. The van der Waals surface area contributed by atoms with E-state index in [2.05, 4.69) is 31.0 Å². The second-order valence-electron chi connectivity index (χ2n) is 2.38. The Balaban J connectivity index is 2.85. The summed E-state index contributed by atoms with van der Waals surface area (Å²) >= 11 is 14.6. The van der Waals surface area contributed by atoms with E-state index in [0.717, 1.165) is 0 Å². The number of carbonyl (C=O) groups is 1. The molecule has 7 heteroatoms. The highest BCUT2D eigenvalue weighted by Crippen LogP contribution is 2.32. The zero-order valence-corrected chi connectivity index (χ0v) is 10.3. The van der Waals surface area contributed by atoms with E-state index in [-0.39, 0.29) is 28.5 Å². The Morgan fingerprint density at radius 1 is 1.64 bits per heavy atom. The Hall–Kier alpha value is -0.230. The summed E-state index contributed by atoms with van der Waals surface area (Å²) in [5.41, 5.74) is 0.275. The maximum absolute atomic E-state index is 11.4. The Bertz CT molecular complexity index is 354. The summed E-state index contributed by atoms with van der Waals surface area (Å²) in [6.45, 7) is 0.125. The number of halogens is 3. The third kappa shape index (κ3) is 2.42. The molecule has 1 amide bonds. The average molecular weight is 302 g/mol. The van der Waals surface area contributed by atoms with Gasteiger partial charge in [0.05, 0.1) is 9.50 Å². The summed E-state index contributed by atoms with van der Waals surface area (Å²) in [4.78, 5) is 14.1. The van der Waals surface area contributed by atoms with Gasteiger partial charge in [0.1, 0.15) is 17.6 Å². The standard InChI is InChI=1S/C7H7BrCl2N2O2/c1-14-2-11-7(13)5-3(8)4(9)6(10)12-5/h12H,2H2,1H3,(H,11,13). The lowest BCUT2D eigenvalue weighted by Gasteiger charge is -2.01. The predicted molar refractivity (Wildman–Crippen MR) is 57.9 cm³/mol. The molecule has 0 aromatic carbocycles. The van der Waals surface area contributed by atoms with Crippen LogP contribution in [-0.4, -0.2) is 24.7 Å². The van der Waals surface area contributed by atoms with E-state index in [1.807, 2.05) is 0 Å². The number of amides is 1. The highest BCUT2D eigenvalue weighted by atomic mass is 79.9. The molecule has 2 N–H and O–H groups in total. The Kier molecular flexibility index (Phi) is 4.25. The summed E-state index contributed by atoms with van der Waals surface area (Å²) < 4.78 is 5.13. The summed E-state index contributed by atoms with van der Waals surface area (Å²) in [5.74, 6) is -0.340. The van der Waals surface area contributed by atoms with Crippen molar-refractivity contribution in [3.05, 3.63) is 20.3 Å².